The summed E-state index contributed by atoms with van der Waals surface area (Å²) < 4.78 is 5.55. The Labute approximate surface area is 176 Å². The van der Waals surface area contributed by atoms with E-state index in [0.29, 0.717) is 32.0 Å². The van der Waals surface area contributed by atoms with Crippen molar-refractivity contribution >= 4 is 23.3 Å². The second-order valence-corrected chi connectivity index (χ2v) is 8.12. The maximum absolute atomic E-state index is 13.1. The van der Waals surface area contributed by atoms with Gasteiger partial charge in [-0.15, -0.1) is 0 Å². The summed E-state index contributed by atoms with van der Waals surface area (Å²) in [7, 11) is 0. The zero-order chi connectivity index (χ0) is 21.0. The van der Waals surface area contributed by atoms with E-state index < -0.39 is 0 Å². The number of carbonyl (C=O) groups excluding carboxylic acids is 2. The minimum atomic E-state index is -0.283. The van der Waals surface area contributed by atoms with Crippen LogP contribution >= 0.6 is 0 Å². The fraction of sp³-hybridized carbons (Fsp3) is 0.435. The second kappa shape index (κ2) is 8.83. The Morgan fingerprint density at radius 3 is 2.57 bits per heavy atom. The van der Waals surface area contributed by atoms with Gasteiger partial charge in [-0.25, -0.2) is 4.79 Å². The molecule has 1 spiro atoms. The number of urea groups is 1. The topological polar surface area (TPSA) is 83.6 Å². The quantitative estimate of drug-likeness (QED) is 0.811. The van der Waals surface area contributed by atoms with Gasteiger partial charge in [0.15, 0.2) is 0 Å². The van der Waals surface area contributed by atoms with Gasteiger partial charge in [-0.05, 0) is 49.1 Å². The first-order chi connectivity index (χ1) is 14.6. The minimum Gasteiger partial charge on any atom is -0.381 e. The van der Waals surface area contributed by atoms with Crippen molar-refractivity contribution < 1.29 is 14.3 Å². The van der Waals surface area contributed by atoms with E-state index in [4.69, 9.17) is 4.74 Å². The number of ether oxygens (including phenoxy) is 1. The summed E-state index contributed by atoms with van der Waals surface area (Å²) in [6.45, 7) is 4.28. The van der Waals surface area contributed by atoms with Gasteiger partial charge in [-0.2, -0.15) is 0 Å². The van der Waals surface area contributed by atoms with Crippen molar-refractivity contribution in [1.29, 1.82) is 0 Å². The minimum absolute atomic E-state index is 0.0625. The predicted octanol–water partition coefficient (Wildman–Crippen LogP) is 3.54. The summed E-state index contributed by atoms with van der Waals surface area (Å²) in [5, 5.41) is 5.96. The second-order valence-electron chi connectivity index (χ2n) is 8.12. The average molecular weight is 409 g/mol. The molecule has 30 heavy (non-hydrogen) atoms. The SMILES string of the molecule is CCc1ccc(NC(=O)N2CC(C(=O)Nc3cccnc3)C3(CCOCC3)C2)cc1. The van der Waals surface area contributed by atoms with Crippen LogP contribution in [0, 0.1) is 11.3 Å². The lowest BCUT2D eigenvalue weighted by Gasteiger charge is -2.37. The molecule has 2 aliphatic heterocycles. The van der Waals surface area contributed by atoms with Crippen molar-refractivity contribution in [3.63, 3.8) is 0 Å². The zero-order valence-corrected chi connectivity index (χ0v) is 17.3. The molecular formula is C23H28N4O3. The predicted molar refractivity (Wildman–Crippen MR) is 115 cm³/mol. The Morgan fingerprint density at radius 2 is 1.90 bits per heavy atom. The summed E-state index contributed by atoms with van der Waals surface area (Å²) in [5.41, 5.74) is 2.40. The molecule has 1 atom stereocenters. The molecular weight excluding hydrogens is 380 g/mol. The molecule has 7 nitrogen and oxygen atoms in total. The number of anilines is 2. The van der Waals surface area contributed by atoms with E-state index in [1.165, 1.54) is 5.56 Å². The Hall–Kier alpha value is -2.93. The molecule has 2 N–H and O–H groups in total. The number of hydrogen-bond acceptors (Lipinski definition) is 4. The van der Waals surface area contributed by atoms with Crippen LogP contribution in [0.25, 0.3) is 0 Å². The summed E-state index contributed by atoms with van der Waals surface area (Å²) in [4.78, 5) is 31.9. The fourth-order valence-corrected chi connectivity index (χ4v) is 4.46. The summed E-state index contributed by atoms with van der Waals surface area (Å²) in [6, 6.07) is 11.3. The number of benzene rings is 1. The van der Waals surface area contributed by atoms with Crippen molar-refractivity contribution in [2.75, 3.05) is 36.9 Å². The van der Waals surface area contributed by atoms with Crippen molar-refractivity contribution in [2.45, 2.75) is 26.2 Å². The van der Waals surface area contributed by atoms with Crippen LogP contribution in [-0.4, -0.2) is 48.1 Å². The average Bonchev–Trinajstić information content (AvgIpc) is 3.14. The molecule has 2 aromatic rings. The van der Waals surface area contributed by atoms with Crippen molar-refractivity contribution in [3.05, 3.63) is 54.4 Å². The van der Waals surface area contributed by atoms with Gasteiger partial charge in [0, 0.05) is 43.6 Å². The maximum Gasteiger partial charge on any atom is 0.321 e. The van der Waals surface area contributed by atoms with Gasteiger partial charge in [0.05, 0.1) is 17.8 Å². The first-order valence-corrected chi connectivity index (χ1v) is 10.5. The lowest BCUT2D eigenvalue weighted by molar-refractivity contribution is -0.124. The number of rotatable bonds is 4. The molecule has 7 heteroatoms. The number of nitrogens with one attached hydrogen (secondary N) is 2. The normalized spacial score (nSPS) is 20.2. The summed E-state index contributed by atoms with van der Waals surface area (Å²) in [6.07, 6.45) is 5.80. The molecule has 2 fully saturated rings. The van der Waals surface area contributed by atoms with Gasteiger partial charge in [0.25, 0.3) is 0 Å². The molecule has 2 saturated heterocycles. The molecule has 0 saturated carbocycles. The summed E-state index contributed by atoms with van der Waals surface area (Å²) in [5.74, 6) is -0.345. The number of likely N-dealkylation sites (tertiary alicyclic amines) is 1. The van der Waals surface area contributed by atoms with E-state index in [-0.39, 0.29) is 23.3 Å². The van der Waals surface area contributed by atoms with Gasteiger partial charge in [0.1, 0.15) is 0 Å². The van der Waals surface area contributed by atoms with E-state index >= 15 is 0 Å². The Morgan fingerprint density at radius 1 is 1.13 bits per heavy atom. The molecule has 158 valence electrons. The highest BCUT2D eigenvalue weighted by Gasteiger charge is 2.51. The highest BCUT2D eigenvalue weighted by molar-refractivity contribution is 5.95. The number of amides is 3. The number of hydrogen-bond donors (Lipinski definition) is 2. The molecule has 1 unspecified atom stereocenters. The highest BCUT2D eigenvalue weighted by atomic mass is 16.5. The number of nitrogens with zero attached hydrogens (tertiary/aromatic N) is 2. The number of aryl methyl sites for hydroxylation is 1. The van der Waals surface area contributed by atoms with Gasteiger partial charge in [0.2, 0.25) is 5.91 Å². The third kappa shape index (κ3) is 4.31. The van der Waals surface area contributed by atoms with E-state index in [2.05, 4.69) is 22.5 Å². The van der Waals surface area contributed by atoms with Crippen LogP contribution in [0.1, 0.15) is 25.3 Å². The lowest BCUT2D eigenvalue weighted by Crippen LogP contribution is -2.42. The van der Waals surface area contributed by atoms with Crippen LogP contribution in [0.5, 0.6) is 0 Å². The summed E-state index contributed by atoms with van der Waals surface area (Å²) >= 11 is 0. The third-order valence-corrected chi connectivity index (χ3v) is 6.28. The van der Waals surface area contributed by atoms with Gasteiger partial charge < -0.3 is 20.3 Å². The Bertz CT molecular complexity index is 879. The van der Waals surface area contributed by atoms with Gasteiger partial charge in [-0.1, -0.05) is 19.1 Å². The van der Waals surface area contributed by atoms with E-state index in [1.807, 2.05) is 30.3 Å². The fourth-order valence-electron chi connectivity index (χ4n) is 4.46. The first kappa shape index (κ1) is 20.3. The molecule has 2 aliphatic rings. The van der Waals surface area contributed by atoms with Crippen LogP contribution in [0.3, 0.4) is 0 Å². The molecule has 3 heterocycles. The van der Waals surface area contributed by atoms with Gasteiger partial charge >= 0.3 is 6.03 Å². The molecule has 0 aliphatic carbocycles. The molecule has 1 aromatic heterocycles. The smallest absolute Gasteiger partial charge is 0.321 e. The molecule has 3 amide bonds. The van der Waals surface area contributed by atoms with Crippen molar-refractivity contribution in [3.8, 4) is 0 Å². The largest absolute Gasteiger partial charge is 0.381 e. The third-order valence-electron chi connectivity index (χ3n) is 6.28. The first-order valence-electron chi connectivity index (χ1n) is 10.5. The molecule has 4 rings (SSSR count). The van der Waals surface area contributed by atoms with E-state index in [0.717, 1.165) is 24.9 Å². The van der Waals surface area contributed by atoms with Crippen LogP contribution in [0.4, 0.5) is 16.2 Å². The standard InChI is InChI=1S/C23H28N4O3/c1-2-17-5-7-18(8-6-17)26-22(29)27-15-20(23(16-27)9-12-30-13-10-23)21(28)25-19-4-3-11-24-14-19/h3-8,11,14,20H,2,9-10,12-13,15-16H2,1H3,(H,25,28)(H,26,29). The molecule has 1 aromatic carbocycles. The van der Waals surface area contributed by atoms with E-state index in [9.17, 15) is 9.59 Å². The maximum atomic E-state index is 13.1. The number of carbonyl (C=O) groups is 2. The van der Waals surface area contributed by atoms with Crippen LogP contribution in [0.2, 0.25) is 0 Å². The lowest BCUT2D eigenvalue weighted by atomic mass is 9.71. The van der Waals surface area contributed by atoms with Crippen LogP contribution < -0.4 is 10.6 Å². The highest BCUT2D eigenvalue weighted by Crippen LogP contribution is 2.45. The zero-order valence-electron chi connectivity index (χ0n) is 17.3. The van der Waals surface area contributed by atoms with Crippen molar-refractivity contribution in [2.24, 2.45) is 11.3 Å². The van der Waals surface area contributed by atoms with Crippen LogP contribution in [-0.2, 0) is 16.0 Å². The Balaban J connectivity index is 1.48. The Kier molecular flexibility index (Phi) is 5.99. The molecule has 0 radical (unpaired) electrons. The van der Waals surface area contributed by atoms with Crippen LogP contribution in [0.15, 0.2) is 48.8 Å². The molecule has 0 bridgehead atoms. The number of aromatic nitrogens is 1. The van der Waals surface area contributed by atoms with E-state index in [1.54, 1.807) is 23.4 Å². The number of pyridine rings is 1. The van der Waals surface area contributed by atoms with Gasteiger partial charge in [-0.3, -0.25) is 9.78 Å². The monoisotopic (exact) mass is 408 g/mol. The van der Waals surface area contributed by atoms with Crippen molar-refractivity contribution in [1.82, 2.24) is 9.88 Å².